The number of nitrogens with zero attached hydrogens (tertiary/aromatic N) is 1. The molecule has 1 heterocycles. The minimum Gasteiger partial charge on any atom is -0.273 e. The number of hydrogen-bond donors (Lipinski definition) is 1. The van der Waals surface area contributed by atoms with Gasteiger partial charge < -0.3 is 0 Å². The van der Waals surface area contributed by atoms with E-state index in [0.29, 0.717) is 17.2 Å². The number of carbonyl (C=O) groups is 1. The maximum Gasteiger partial charge on any atom is 0.239 e. The highest BCUT2D eigenvalue weighted by Gasteiger charge is 2.15. The minimum absolute atomic E-state index is 0.00336. The van der Waals surface area contributed by atoms with E-state index in [0.717, 1.165) is 15.3 Å². The highest BCUT2D eigenvalue weighted by atomic mass is 35.5. The van der Waals surface area contributed by atoms with Gasteiger partial charge in [-0.1, -0.05) is 37.6 Å². The molecule has 0 atom stereocenters. The molecule has 2 aromatic rings. The maximum atomic E-state index is 11.8. The highest BCUT2D eigenvalue weighted by molar-refractivity contribution is 7.90. The zero-order valence-corrected chi connectivity index (χ0v) is 16.3. The Balaban J connectivity index is 2.37. The van der Waals surface area contributed by atoms with E-state index >= 15 is 0 Å². The third-order valence-electron chi connectivity index (χ3n) is 3.43. The van der Waals surface area contributed by atoms with Crippen LogP contribution in [-0.4, -0.2) is 25.8 Å². The Kier molecular flexibility index (Phi) is 6.75. The number of thiophene rings is 1. The molecule has 0 aliphatic rings. The molecule has 25 heavy (non-hydrogen) atoms. The zero-order chi connectivity index (χ0) is 18.4. The Bertz CT molecular complexity index is 872. The summed E-state index contributed by atoms with van der Waals surface area (Å²) in [5.74, 6) is -0.0919. The van der Waals surface area contributed by atoms with E-state index in [-0.39, 0.29) is 17.4 Å². The molecule has 0 radical (unpaired) electrons. The van der Waals surface area contributed by atoms with Crippen LogP contribution in [-0.2, 0) is 20.4 Å². The molecule has 0 saturated carbocycles. The normalized spacial score (nSPS) is 12.2. The largest absolute Gasteiger partial charge is 0.273 e. The number of carbonyl (C=O) groups excluding carboxylic acids is 1. The predicted octanol–water partition coefficient (Wildman–Crippen LogP) is 3.61. The lowest BCUT2D eigenvalue weighted by Gasteiger charge is -2.06. The fourth-order valence-electron chi connectivity index (χ4n) is 1.97. The number of rotatable bonds is 7. The van der Waals surface area contributed by atoms with Crippen molar-refractivity contribution in [2.24, 2.45) is 5.10 Å². The molecule has 0 aliphatic carbocycles. The van der Waals surface area contributed by atoms with Crippen LogP contribution in [0.3, 0.4) is 0 Å². The van der Waals surface area contributed by atoms with Crippen molar-refractivity contribution in [2.75, 3.05) is 5.75 Å². The second kappa shape index (κ2) is 8.60. The van der Waals surface area contributed by atoms with Crippen molar-refractivity contribution in [3.05, 3.63) is 56.7 Å². The topological polar surface area (TPSA) is 75.6 Å². The molecule has 8 heteroatoms. The zero-order valence-electron chi connectivity index (χ0n) is 14.0. The lowest BCUT2D eigenvalue weighted by Crippen LogP contribution is -2.18. The van der Waals surface area contributed by atoms with Gasteiger partial charge in [0, 0.05) is 27.6 Å². The summed E-state index contributed by atoms with van der Waals surface area (Å²) in [6, 6.07) is 10.7. The van der Waals surface area contributed by atoms with Gasteiger partial charge in [-0.2, -0.15) is 5.10 Å². The molecular weight excluding hydrogens is 380 g/mol. The summed E-state index contributed by atoms with van der Waals surface area (Å²) in [5, 5.41) is 4.83. The maximum absolute atomic E-state index is 11.8. The SMILES string of the molecule is CCC(=O)NN=C(c1ccc(Cl)cc1)c1ccc(CS(=O)(=O)CC)s1. The molecule has 0 unspecified atom stereocenters. The fourth-order valence-corrected chi connectivity index (χ4v) is 4.42. The summed E-state index contributed by atoms with van der Waals surface area (Å²) in [4.78, 5) is 13.1. The number of hydrazone groups is 1. The van der Waals surface area contributed by atoms with E-state index < -0.39 is 9.84 Å². The van der Waals surface area contributed by atoms with E-state index in [2.05, 4.69) is 10.5 Å². The van der Waals surface area contributed by atoms with Gasteiger partial charge in [0.1, 0.15) is 5.71 Å². The van der Waals surface area contributed by atoms with Crippen LogP contribution >= 0.6 is 22.9 Å². The average molecular weight is 399 g/mol. The van der Waals surface area contributed by atoms with Crippen molar-refractivity contribution in [1.82, 2.24) is 5.43 Å². The first-order chi connectivity index (χ1) is 11.8. The lowest BCUT2D eigenvalue weighted by atomic mass is 10.1. The Labute approximate surface area is 156 Å². The molecule has 0 bridgehead atoms. The van der Waals surface area contributed by atoms with E-state index in [1.54, 1.807) is 44.2 Å². The Morgan fingerprint density at radius 3 is 2.44 bits per heavy atom. The Hall–Kier alpha value is -1.70. The molecule has 0 saturated heterocycles. The molecule has 1 aromatic carbocycles. The Morgan fingerprint density at radius 1 is 1.16 bits per heavy atom. The summed E-state index contributed by atoms with van der Waals surface area (Å²) >= 11 is 7.28. The van der Waals surface area contributed by atoms with Gasteiger partial charge in [0.05, 0.1) is 10.6 Å². The number of amides is 1. The van der Waals surface area contributed by atoms with Crippen molar-refractivity contribution >= 4 is 44.4 Å². The Morgan fingerprint density at radius 2 is 1.84 bits per heavy atom. The van der Waals surface area contributed by atoms with Crippen LogP contribution in [0.4, 0.5) is 0 Å². The number of hydrogen-bond acceptors (Lipinski definition) is 5. The number of halogens is 1. The molecule has 5 nitrogen and oxygen atoms in total. The number of nitrogens with one attached hydrogen (secondary N) is 1. The third-order valence-corrected chi connectivity index (χ3v) is 6.59. The lowest BCUT2D eigenvalue weighted by molar-refractivity contribution is -0.120. The third kappa shape index (κ3) is 5.66. The number of sulfone groups is 1. The first-order valence-electron chi connectivity index (χ1n) is 7.76. The first-order valence-corrected chi connectivity index (χ1v) is 10.8. The summed E-state index contributed by atoms with van der Waals surface area (Å²) < 4.78 is 23.6. The van der Waals surface area contributed by atoms with Gasteiger partial charge in [0.25, 0.3) is 0 Å². The second-order valence-corrected chi connectivity index (χ2v) is 9.26. The van der Waals surface area contributed by atoms with Crippen molar-refractivity contribution in [1.29, 1.82) is 0 Å². The average Bonchev–Trinajstić information content (AvgIpc) is 3.03. The van der Waals surface area contributed by atoms with Crippen LogP contribution in [0, 0.1) is 0 Å². The van der Waals surface area contributed by atoms with Crippen LogP contribution < -0.4 is 5.43 Å². The monoisotopic (exact) mass is 398 g/mol. The van der Waals surface area contributed by atoms with Gasteiger partial charge in [-0.05, 0) is 24.3 Å². The van der Waals surface area contributed by atoms with Crippen molar-refractivity contribution in [3.8, 4) is 0 Å². The van der Waals surface area contributed by atoms with Crippen molar-refractivity contribution < 1.29 is 13.2 Å². The molecule has 0 fully saturated rings. The van der Waals surface area contributed by atoms with Crippen LogP contribution in [0.15, 0.2) is 41.5 Å². The van der Waals surface area contributed by atoms with E-state index in [1.165, 1.54) is 11.3 Å². The summed E-state index contributed by atoms with van der Waals surface area (Å²) in [6.07, 6.45) is 0.321. The van der Waals surface area contributed by atoms with Gasteiger partial charge in [-0.15, -0.1) is 11.3 Å². The standard InChI is InChI=1S/C17H19ClN2O3S2/c1-3-16(21)19-20-17(12-5-7-13(18)8-6-12)15-10-9-14(24-15)11-25(22,23)4-2/h5-10H,3-4,11H2,1-2H3,(H,19,21). The van der Waals surface area contributed by atoms with Gasteiger partial charge in [0.2, 0.25) is 5.91 Å². The van der Waals surface area contributed by atoms with E-state index in [9.17, 15) is 13.2 Å². The molecule has 1 amide bonds. The summed E-state index contributed by atoms with van der Waals surface area (Å²) in [7, 11) is -3.10. The van der Waals surface area contributed by atoms with E-state index in [4.69, 9.17) is 11.6 Å². The van der Waals surface area contributed by atoms with Crippen LogP contribution in [0.5, 0.6) is 0 Å². The molecule has 0 spiro atoms. The quantitative estimate of drug-likeness (QED) is 0.571. The molecule has 0 aliphatic heterocycles. The fraction of sp³-hybridized carbons (Fsp3) is 0.294. The molecule has 1 N–H and O–H groups in total. The number of benzene rings is 1. The van der Waals surface area contributed by atoms with Crippen molar-refractivity contribution in [3.63, 3.8) is 0 Å². The molecule has 134 valence electrons. The van der Waals surface area contributed by atoms with Crippen LogP contribution in [0.25, 0.3) is 0 Å². The molecular formula is C17H19ClN2O3S2. The van der Waals surface area contributed by atoms with Crippen LogP contribution in [0.1, 0.15) is 35.6 Å². The smallest absolute Gasteiger partial charge is 0.239 e. The van der Waals surface area contributed by atoms with E-state index in [1.807, 2.05) is 6.07 Å². The predicted molar refractivity (Wildman–Crippen MR) is 103 cm³/mol. The molecule has 2 rings (SSSR count). The van der Waals surface area contributed by atoms with Crippen molar-refractivity contribution in [2.45, 2.75) is 26.0 Å². The van der Waals surface area contributed by atoms with Gasteiger partial charge >= 0.3 is 0 Å². The van der Waals surface area contributed by atoms with Gasteiger partial charge in [0.15, 0.2) is 9.84 Å². The van der Waals surface area contributed by atoms with Gasteiger partial charge in [-0.25, -0.2) is 13.8 Å². The second-order valence-electron chi connectivity index (χ2n) is 5.30. The summed E-state index contributed by atoms with van der Waals surface area (Å²) in [6.45, 7) is 3.37. The minimum atomic E-state index is -3.10. The highest BCUT2D eigenvalue weighted by Crippen LogP contribution is 2.23. The van der Waals surface area contributed by atoms with Gasteiger partial charge in [-0.3, -0.25) is 4.79 Å². The first kappa shape index (κ1) is 19.6. The summed E-state index contributed by atoms with van der Waals surface area (Å²) in [5.41, 5.74) is 3.87. The molecule has 1 aromatic heterocycles. The van der Waals surface area contributed by atoms with Crippen LogP contribution in [0.2, 0.25) is 5.02 Å².